The summed E-state index contributed by atoms with van der Waals surface area (Å²) in [6.45, 7) is 3.90. The molecule has 0 radical (unpaired) electrons. The second-order valence-electron chi connectivity index (χ2n) is 4.96. The minimum Gasteiger partial charge on any atom is -0.623 e. The maximum Gasteiger partial charge on any atom is 0.238 e. The monoisotopic (exact) mass is 298 g/mol. The molecule has 0 saturated carbocycles. The number of thioether (sulfide) groups is 1. The van der Waals surface area contributed by atoms with Crippen LogP contribution in [0.2, 0.25) is 0 Å². The van der Waals surface area contributed by atoms with Crippen molar-refractivity contribution in [2.24, 2.45) is 0 Å². The van der Waals surface area contributed by atoms with Crippen LogP contribution in [-0.4, -0.2) is 38.1 Å². The molecule has 0 spiro atoms. The zero-order valence-corrected chi connectivity index (χ0v) is 12.6. The van der Waals surface area contributed by atoms with Gasteiger partial charge in [0.05, 0.1) is 5.56 Å². The summed E-state index contributed by atoms with van der Waals surface area (Å²) in [5, 5.41) is 11.9. The zero-order valence-electron chi connectivity index (χ0n) is 11.0. The Bertz CT molecular complexity index is 545. The Kier molecular flexibility index (Phi) is 3.82. The van der Waals surface area contributed by atoms with Crippen molar-refractivity contribution >= 4 is 34.5 Å². The number of halogens is 1. The molecule has 1 heterocycles. The highest BCUT2D eigenvalue weighted by Crippen LogP contribution is 2.38. The second kappa shape index (κ2) is 5.09. The van der Waals surface area contributed by atoms with Crippen LogP contribution in [0, 0.1) is 11.0 Å². The van der Waals surface area contributed by atoms with Gasteiger partial charge in [-0.05, 0) is 37.7 Å². The van der Waals surface area contributed by atoms with Crippen LogP contribution in [-0.2, 0) is 0 Å². The number of hydrogen-bond donors (Lipinski definition) is 0. The van der Waals surface area contributed by atoms with Crippen molar-refractivity contribution in [3.8, 4) is 0 Å². The highest BCUT2D eigenvalue weighted by Gasteiger charge is 2.48. The minimum absolute atomic E-state index is 0.286. The Balaban J connectivity index is 2.33. The number of thiocarbonyl (C=S) groups is 1. The minimum atomic E-state index is -0.403. The van der Waals surface area contributed by atoms with Gasteiger partial charge in [-0.25, -0.2) is 4.39 Å². The highest BCUT2D eigenvalue weighted by atomic mass is 32.2. The third kappa shape index (κ3) is 2.60. The van der Waals surface area contributed by atoms with Crippen molar-refractivity contribution in [1.82, 2.24) is 4.90 Å². The fourth-order valence-corrected chi connectivity index (χ4v) is 3.57. The van der Waals surface area contributed by atoms with Crippen molar-refractivity contribution in [1.29, 1.82) is 0 Å². The fourth-order valence-electron chi connectivity index (χ4n) is 1.87. The van der Waals surface area contributed by atoms with Crippen molar-refractivity contribution in [3.05, 3.63) is 40.9 Å². The molecule has 1 atom stereocenters. The summed E-state index contributed by atoms with van der Waals surface area (Å²) < 4.78 is 15.0. The van der Waals surface area contributed by atoms with Gasteiger partial charge in [0.15, 0.2) is 6.21 Å². The van der Waals surface area contributed by atoms with E-state index in [1.54, 1.807) is 18.2 Å². The third-order valence-electron chi connectivity index (χ3n) is 3.36. The number of nitrogens with zero attached hydrogens (tertiary/aromatic N) is 2. The molecule has 1 saturated heterocycles. The second-order valence-corrected chi connectivity index (χ2v) is 6.67. The SMILES string of the molecule is CN1C(=S)SC([N+]([O-])=Cc2ccccc2F)C1(C)C. The Hall–Kier alpha value is -1.14. The molecule has 1 aliphatic rings. The Morgan fingerprint density at radius 1 is 1.47 bits per heavy atom. The van der Waals surface area contributed by atoms with E-state index in [0.29, 0.717) is 4.32 Å². The molecule has 6 heteroatoms. The van der Waals surface area contributed by atoms with Crippen LogP contribution in [0.4, 0.5) is 4.39 Å². The van der Waals surface area contributed by atoms with E-state index in [9.17, 15) is 9.60 Å². The molecule has 1 fully saturated rings. The van der Waals surface area contributed by atoms with Gasteiger partial charge in [-0.15, -0.1) is 0 Å². The summed E-state index contributed by atoms with van der Waals surface area (Å²) in [5.41, 5.74) is -0.111. The largest absolute Gasteiger partial charge is 0.623 e. The average Bonchev–Trinajstić information content (AvgIpc) is 2.56. The predicted molar refractivity (Wildman–Crippen MR) is 81.0 cm³/mol. The number of hydrogen-bond acceptors (Lipinski definition) is 3. The van der Waals surface area contributed by atoms with Gasteiger partial charge in [0.25, 0.3) is 0 Å². The van der Waals surface area contributed by atoms with Gasteiger partial charge in [-0.2, -0.15) is 4.74 Å². The van der Waals surface area contributed by atoms with Gasteiger partial charge in [0.2, 0.25) is 5.37 Å². The molecule has 1 aliphatic heterocycles. The van der Waals surface area contributed by atoms with Gasteiger partial charge in [0.1, 0.15) is 15.7 Å². The van der Waals surface area contributed by atoms with Gasteiger partial charge in [-0.1, -0.05) is 24.4 Å². The molecular formula is C13H15FN2OS2. The molecule has 0 bridgehead atoms. The smallest absolute Gasteiger partial charge is 0.238 e. The Labute approximate surface area is 121 Å². The van der Waals surface area contributed by atoms with E-state index in [1.807, 2.05) is 25.8 Å². The van der Waals surface area contributed by atoms with Crippen LogP contribution in [0.25, 0.3) is 0 Å². The Morgan fingerprint density at radius 3 is 2.63 bits per heavy atom. The molecule has 0 aromatic heterocycles. The molecule has 1 aromatic rings. The van der Waals surface area contributed by atoms with Gasteiger partial charge >= 0.3 is 0 Å². The molecular weight excluding hydrogens is 283 g/mol. The van der Waals surface area contributed by atoms with E-state index in [0.717, 1.165) is 4.74 Å². The standard InChI is InChI=1S/C13H15FN2OS2/c1-13(2)11(19-12(18)15(13)3)16(17)8-9-6-4-5-7-10(9)14/h4-8,11H,1-3H3. The van der Waals surface area contributed by atoms with Crippen molar-refractivity contribution in [2.75, 3.05) is 7.05 Å². The molecule has 0 N–H and O–H groups in total. The first-order valence-electron chi connectivity index (χ1n) is 5.83. The van der Waals surface area contributed by atoms with Crippen LogP contribution in [0.15, 0.2) is 24.3 Å². The van der Waals surface area contributed by atoms with Crippen molar-refractivity contribution < 1.29 is 9.13 Å². The molecule has 0 aliphatic carbocycles. The number of benzene rings is 1. The van der Waals surface area contributed by atoms with Crippen molar-refractivity contribution in [3.63, 3.8) is 0 Å². The third-order valence-corrected chi connectivity index (χ3v) is 5.40. The molecule has 19 heavy (non-hydrogen) atoms. The van der Waals surface area contributed by atoms with Gasteiger partial charge < -0.3 is 10.1 Å². The number of rotatable bonds is 2. The van der Waals surface area contributed by atoms with E-state index >= 15 is 0 Å². The first-order valence-corrected chi connectivity index (χ1v) is 7.12. The average molecular weight is 298 g/mol. The lowest BCUT2D eigenvalue weighted by atomic mass is 10.0. The lowest BCUT2D eigenvalue weighted by molar-refractivity contribution is -0.480. The molecule has 3 nitrogen and oxygen atoms in total. The summed E-state index contributed by atoms with van der Waals surface area (Å²) in [7, 11) is 1.87. The van der Waals surface area contributed by atoms with E-state index in [-0.39, 0.29) is 10.9 Å². The molecule has 0 amide bonds. The highest BCUT2D eigenvalue weighted by molar-refractivity contribution is 8.23. The van der Waals surface area contributed by atoms with Gasteiger partial charge in [0, 0.05) is 7.05 Å². The van der Waals surface area contributed by atoms with E-state index < -0.39 is 11.4 Å². The summed E-state index contributed by atoms with van der Waals surface area (Å²) >= 11 is 6.54. The normalized spacial score (nSPS) is 22.9. The molecule has 102 valence electrons. The van der Waals surface area contributed by atoms with Crippen LogP contribution in [0.5, 0.6) is 0 Å². The van der Waals surface area contributed by atoms with E-state index in [4.69, 9.17) is 12.2 Å². The van der Waals surface area contributed by atoms with Crippen LogP contribution < -0.4 is 0 Å². The lowest BCUT2D eigenvalue weighted by Crippen LogP contribution is -2.47. The lowest BCUT2D eigenvalue weighted by Gasteiger charge is -2.30. The first kappa shape index (κ1) is 14.3. The summed E-state index contributed by atoms with van der Waals surface area (Å²) in [6, 6.07) is 6.21. The number of likely N-dealkylation sites (N-methyl/N-ethyl adjacent to an activating group) is 1. The molecule has 1 unspecified atom stereocenters. The summed E-state index contributed by atoms with van der Waals surface area (Å²) in [4.78, 5) is 1.90. The Morgan fingerprint density at radius 2 is 2.11 bits per heavy atom. The quantitative estimate of drug-likeness (QED) is 0.276. The van der Waals surface area contributed by atoms with E-state index in [2.05, 4.69) is 0 Å². The van der Waals surface area contributed by atoms with Crippen LogP contribution >= 0.6 is 24.0 Å². The van der Waals surface area contributed by atoms with Crippen LogP contribution in [0.3, 0.4) is 0 Å². The first-order chi connectivity index (χ1) is 8.84. The summed E-state index contributed by atoms with van der Waals surface area (Å²) in [6.07, 6.45) is 1.29. The van der Waals surface area contributed by atoms with Crippen molar-refractivity contribution in [2.45, 2.75) is 24.8 Å². The predicted octanol–water partition coefficient (Wildman–Crippen LogP) is 2.82. The molecule has 2 rings (SSSR count). The van der Waals surface area contributed by atoms with E-state index in [1.165, 1.54) is 24.0 Å². The fraction of sp³-hybridized carbons (Fsp3) is 0.385. The maximum atomic E-state index is 13.5. The van der Waals surface area contributed by atoms with Gasteiger partial charge in [-0.3, -0.25) is 0 Å². The maximum absolute atomic E-state index is 13.5. The van der Waals surface area contributed by atoms with Crippen LogP contribution in [0.1, 0.15) is 19.4 Å². The summed E-state index contributed by atoms with van der Waals surface area (Å²) in [5.74, 6) is -0.403. The zero-order chi connectivity index (χ0) is 14.2. The topological polar surface area (TPSA) is 29.3 Å². The molecule has 1 aromatic carbocycles. The number of hydroxylamine groups is 1.